The highest BCUT2D eigenvalue weighted by Gasteiger charge is 2.25. The van der Waals surface area contributed by atoms with Crippen LogP contribution in [0, 0.1) is 19.8 Å². The first kappa shape index (κ1) is 21.3. The van der Waals surface area contributed by atoms with Crippen LogP contribution in [0.4, 0.5) is 5.82 Å². The molecule has 0 saturated carbocycles. The van der Waals surface area contributed by atoms with Gasteiger partial charge in [0.25, 0.3) is 0 Å². The maximum atomic E-state index is 12.4. The Morgan fingerprint density at radius 1 is 1.23 bits per heavy atom. The maximum Gasteiger partial charge on any atom is 0.342 e. The van der Waals surface area contributed by atoms with E-state index in [1.54, 1.807) is 13.8 Å². The zero-order chi connectivity index (χ0) is 21.8. The van der Waals surface area contributed by atoms with Crippen molar-refractivity contribution >= 4 is 22.9 Å². The first-order valence-electron chi connectivity index (χ1n) is 11.0. The minimum atomic E-state index is -0.402. The molecule has 1 aliphatic heterocycles. The molecule has 1 aliphatic rings. The number of hydrogen-bond donors (Lipinski definition) is 1. The Kier molecular flexibility index (Phi) is 6.51. The smallest absolute Gasteiger partial charge is 0.342 e. The Morgan fingerprint density at radius 2 is 2.00 bits per heavy atom. The number of furan rings is 1. The molecule has 1 N–H and O–H groups in total. The number of ether oxygens (including phenoxy) is 1. The maximum absolute atomic E-state index is 12.4. The van der Waals surface area contributed by atoms with E-state index in [1.807, 2.05) is 0 Å². The van der Waals surface area contributed by atoms with Crippen molar-refractivity contribution in [3.8, 4) is 0 Å². The van der Waals surface area contributed by atoms with Gasteiger partial charge in [0.15, 0.2) is 0 Å². The number of hydrogen-bond acceptors (Lipinski definition) is 7. The molecular weight excluding hydrogens is 392 g/mol. The highest BCUT2D eigenvalue weighted by molar-refractivity contribution is 6.07. The summed E-state index contributed by atoms with van der Waals surface area (Å²) in [5, 5.41) is 4.05. The number of aromatic nitrogens is 2. The number of piperidine rings is 1. The number of carbonyl (C=O) groups is 1. The quantitative estimate of drug-likeness (QED) is 0.567. The fourth-order valence-electron chi connectivity index (χ4n) is 4.25. The number of nitrogens with one attached hydrogen (secondary N) is 1. The minimum Gasteiger partial charge on any atom is -0.462 e. The van der Waals surface area contributed by atoms with E-state index in [9.17, 15) is 4.79 Å². The van der Waals surface area contributed by atoms with E-state index in [-0.39, 0.29) is 0 Å². The Balaban J connectivity index is 1.39. The summed E-state index contributed by atoms with van der Waals surface area (Å²) in [7, 11) is 0. The van der Waals surface area contributed by atoms with Crippen molar-refractivity contribution in [2.45, 2.75) is 40.2 Å². The van der Waals surface area contributed by atoms with Gasteiger partial charge in [-0.05, 0) is 63.7 Å². The van der Waals surface area contributed by atoms with Gasteiger partial charge in [0.05, 0.1) is 12.0 Å². The summed E-state index contributed by atoms with van der Waals surface area (Å²) in [5.41, 5.74) is 3.58. The van der Waals surface area contributed by atoms with Gasteiger partial charge in [-0.3, -0.25) is 4.90 Å². The molecule has 164 valence electrons. The third-order valence-electron chi connectivity index (χ3n) is 6.06. The highest BCUT2D eigenvalue weighted by atomic mass is 16.5. The largest absolute Gasteiger partial charge is 0.462 e. The van der Waals surface area contributed by atoms with Crippen LogP contribution >= 0.6 is 0 Å². The lowest BCUT2D eigenvalue weighted by Gasteiger charge is -2.32. The van der Waals surface area contributed by atoms with Gasteiger partial charge in [-0.2, -0.15) is 0 Å². The van der Waals surface area contributed by atoms with Gasteiger partial charge in [-0.1, -0.05) is 24.3 Å². The molecule has 1 saturated heterocycles. The molecule has 4 rings (SSSR count). The topological polar surface area (TPSA) is 80.5 Å². The van der Waals surface area contributed by atoms with Crippen molar-refractivity contribution in [1.29, 1.82) is 0 Å². The molecule has 7 heteroatoms. The van der Waals surface area contributed by atoms with E-state index < -0.39 is 5.97 Å². The van der Waals surface area contributed by atoms with Crippen LogP contribution in [0.3, 0.4) is 0 Å². The summed E-state index contributed by atoms with van der Waals surface area (Å²) >= 11 is 0. The molecule has 0 radical (unpaired) electrons. The van der Waals surface area contributed by atoms with E-state index in [1.165, 1.54) is 17.5 Å². The Labute approximate surface area is 182 Å². The second-order valence-corrected chi connectivity index (χ2v) is 8.18. The number of benzene rings is 1. The molecule has 0 bridgehead atoms. The Bertz CT molecular complexity index is 1050. The Morgan fingerprint density at radius 3 is 2.74 bits per heavy atom. The van der Waals surface area contributed by atoms with Gasteiger partial charge in [0, 0.05) is 13.1 Å². The summed E-state index contributed by atoms with van der Waals surface area (Å²) in [4.78, 5) is 23.5. The lowest BCUT2D eigenvalue weighted by molar-refractivity contribution is 0.0526. The number of aryl methyl sites for hydroxylation is 2. The normalized spacial score (nSPS) is 15.3. The van der Waals surface area contributed by atoms with Gasteiger partial charge in [0.2, 0.25) is 5.71 Å². The molecule has 7 nitrogen and oxygen atoms in total. The van der Waals surface area contributed by atoms with Gasteiger partial charge in [-0.15, -0.1) is 0 Å². The third kappa shape index (κ3) is 4.71. The molecule has 0 amide bonds. The predicted octanol–water partition coefficient (Wildman–Crippen LogP) is 4.34. The number of carbonyl (C=O) groups excluding carboxylic acids is 1. The van der Waals surface area contributed by atoms with Gasteiger partial charge in [0.1, 0.15) is 23.5 Å². The standard InChI is InChI=1S/C24H30N4O3/c1-4-30-24(29)20-17(3)31-23-21(20)22(26-15-27-23)25-13-18-9-11-28(12-10-18)14-19-8-6-5-7-16(19)2/h5-8,15,18H,4,9-14H2,1-3H3,(H,25,26,27). The molecule has 0 spiro atoms. The van der Waals surface area contributed by atoms with Crippen LogP contribution in [-0.4, -0.2) is 47.1 Å². The molecule has 3 heterocycles. The Hall–Kier alpha value is -2.93. The van der Waals surface area contributed by atoms with Crippen LogP contribution in [0.1, 0.15) is 47.0 Å². The van der Waals surface area contributed by atoms with E-state index in [2.05, 4.69) is 51.4 Å². The summed E-state index contributed by atoms with van der Waals surface area (Å²) < 4.78 is 10.9. The number of esters is 1. The highest BCUT2D eigenvalue weighted by Crippen LogP contribution is 2.30. The number of likely N-dealkylation sites (tertiary alicyclic amines) is 1. The molecule has 2 aromatic heterocycles. The van der Waals surface area contributed by atoms with Crippen molar-refractivity contribution in [3.63, 3.8) is 0 Å². The molecular formula is C24H30N4O3. The summed E-state index contributed by atoms with van der Waals surface area (Å²) in [6.07, 6.45) is 3.72. The first-order valence-corrected chi connectivity index (χ1v) is 11.0. The zero-order valence-corrected chi connectivity index (χ0v) is 18.5. The first-order chi connectivity index (χ1) is 15.1. The molecule has 0 aliphatic carbocycles. The van der Waals surface area contributed by atoms with Gasteiger partial charge >= 0.3 is 5.97 Å². The third-order valence-corrected chi connectivity index (χ3v) is 6.06. The van der Waals surface area contributed by atoms with Crippen molar-refractivity contribution in [1.82, 2.24) is 14.9 Å². The number of nitrogens with zero attached hydrogens (tertiary/aromatic N) is 3. The van der Waals surface area contributed by atoms with Crippen LogP contribution in [0.15, 0.2) is 35.0 Å². The fourth-order valence-corrected chi connectivity index (χ4v) is 4.25. The van der Waals surface area contributed by atoms with E-state index in [4.69, 9.17) is 9.15 Å². The molecule has 1 aromatic carbocycles. The fraction of sp³-hybridized carbons (Fsp3) is 0.458. The predicted molar refractivity (Wildman–Crippen MR) is 120 cm³/mol. The van der Waals surface area contributed by atoms with Crippen molar-refractivity contribution < 1.29 is 13.9 Å². The van der Waals surface area contributed by atoms with Crippen LogP contribution < -0.4 is 5.32 Å². The summed E-state index contributed by atoms with van der Waals surface area (Å²) in [6, 6.07) is 8.60. The molecule has 1 fully saturated rings. The van der Waals surface area contributed by atoms with Crippen molar-refractivity contribution in [2.24, 2.45) is 5.92 Å². The van der Waals surface area contributed by atoms with E-state index in [0.717, 1.165) is 39.0 Å². The molecule has 0 unspecified atom stereocenters. The zero-order valence-electron chi connectivity index (χ0n) is 18.5. The van der Waals surface area contributed by atoms with E-state index >= 15 is 0 Å². The average molecular weight is 423 g/mol. The van der Waals surface area contributed by atoms with Gasteiger partial charge in [-0.25, -0.2) is 14.8 Å². The monoisotopic (exact) mass is 422 g/mol. The van der Waals surface area contributed by atoms with Crippen LogP contribution in [0.5, 0.6) is 0 Å². The second-order valence-electron chi connectivity index (χ2n) is 8.18. The van der Waals surface area contributed by atoms with Crippen LogP contribution in [0.25, 0.3) is 11.1 Å². The summed E-state index contributed by atoms with van der Waals surface area (Å²) in [5.74, 6) is 1.28. The minimum absolute atomic E-state index is 0.308. The SMILES string of the molecule is CCOC(=O)c1c(C)oc2ncnc(NCC3CCN(Cc4ccccc4C)CC3)c12. The van der Waals surface area contributed by atoms with Gasteiger partial charge < -0.3 is 14.5 Å². The molecule has 0 atom stereocenters. The van der Waals surface area contributed by atoms with E-state index in [0.29, 0.717) is 40.8 Å². The lowest BCUT2D eigenvalue weighted by atomic mass is 9.96. The van der Waals surface area contributed by atoms with Crippen LogP contribution in [0.2, 0.25) is 0 Å². The van der Waals surface area contributed by atoms with Crippen molar-refractivity contribution in [3.05, 3.63) is 53.0 Å². The average Bonchev–Trinajstić information content (AvgIpc) is 3.11. The number of rotatable bonds is 7. The lowest BCUT2D eigenvalue weighted by Crippen LogP contribution is -2.35. The van der Waals surface area contributed by atoms with Crippen LogP contribution in [-0.2, 0) is 11.3 Å². The number of anilines is 1. The molecule has 3 aromatic rings. The van der Waals surface area contributed by atoms with Crippen molar-refractivity contribution in [2.75, 3.05) is 31.6 Å². The molecule has 31 heavy (non-hydrogen) atoms. The summed E-state index contributed by atoms with van der Waals surface area (Å²) in [6.45, 7) is 10.0. The second kappa shape index (κ2) is 9.47. The number of fused-ring (bicyclic) bond motifs is 1.